The van der Waals surface area contributed by atoms with Crippen LogP contribution in [0.15, 0.2) is 30.5 Å². The molecule has 0 fully saturated rings. The Labute approximate surface area is 81.6 Å². The van der Waals surface area contributed by atoms with Crippen molar-refractivity contribution in [2.24, 2.45) is 0 Å². The van der Waals surface area contributed by atoms with Crippen molar-refractivity contribution in [3.63, 3.8) is 0 Å². The average Bonchev–Trinajstić information content (AvgIpc) is 2.27. The molecule has 1 heterocycles. The minimum atomic E-state index is 0.619. The lowest BCUT2D eigenvalue weighted by Gasteiger charge is -2.04. The number of hydrogen-bond donors (Lipinski definition) is 0. The summed E-state index contributed by atoms with van der Waals surface area (Å²) < 4.78 is 5.16. The second-order valence-electron chi connectivity index (χ2n) is 2.83. The molecule has 1 aromatic carbocycles. The lowest BCUT2D eigenvalue weighted by atomic mass is 10.1. The summed E-state index contributed by atoms with van der Waals surface area (Å²) in [6, 6.07) is 9.30. The van der Waals surface area contributed by atoms with Crippen molar-refractivity contribution in [1.82, 2.24) is 4.98 Å². The summed E-state index contributed by atoms with van der Waals surface area (Å²) >= 11 is 0. The smallest absolute Gasteiger partial charge is 0.145 e. The fourth-order valence-electron chi connectivity index (χ4n) is 1.41. The van der Waals surface area contributed by atoms with Crippen LogP contribution in [0.4, 0.5) is 0 Å². The summed E-state index contributed by atoms with van der Waals surface area (Å²) in [6.45, 7) is 0. The van der Waals surface area contributed by atoms with Gasteiger partial charge >= 0.3 is 0 Å². The van der Waals surface area contributed by atoms with E-state index >= 15 is 0 Å². The van der Waals surface area contributed by atoms with Crippen molar-refractivity contribution in [2.75, 3.05) is 7.11 Å². The monoisotopic (exact) mass is 184 g/mol. The molecule has 3 nitrogen and oxygen atoms in total. The molecule has 2 aromatic rings. The van der Waals surface area contributed by atoms with Gasteiger partial charge in [0, 0.05) is 11.6 Å². The molecule has 1 aromatic heterocycles. The van der Waals surface area contributed by atoms with Crippen LogP contribution in [-0.2, 0) is 0 Å². The lowest BCUT2D eigenvalue weighted by Crippen LogP contribution is -1.89. The molecule has 0 atom stereocenters. The van der Waals surface area contributed by atoms with E-state index in [0.29, 0.717) is 11.3 Å². The number of methoxy groups -OCH3 is 1. The summed E-state index contributed by atoms with van der Waals surface area (Å²) in [6.07, 6.45) is 1.69. The van der Waals surface area contributed by atoms with Gasteiger partial charge in [-0.2, -0.15) is 5.26 Å². The quantitative estimate of drug-likeness (QED) is 0.681. The van der Waals surface area contributed by atoms with E-state index in [1.165, 1.54) is 0 Å². The molecule has 0 saturated carbocycles. The molecule has 3 heteroatoms. The molecule has 0 spiro atoms. The highest BCUT2D eigenvalue weighted by molar-refractivity contribution is 5.89. The Morgan fingerprint density at radius 3 is 2.93 bits per heavy atom. The molecule has 0 N–H and O–H groups in total. The van der Waals surface area contributed by atoms with Gasteiger partial charge in [0.05, 0.1) is 18.7 Å². The number of benzene rings is 1. The Morgan fingerprint density at radius 2 is 2.21 bits per heavy atom. The number of nitrogens with zero attached hydrogens (tertiary/aromatic N) is 2. The van der Waals surface area contributed by atoms with E-state index in [1.54, 1.807) is 25.4 Å². The molecule has 0 aliphatic carbocycles. The van der Waals surface area contributed by atoms with Gasteiger partial charge in [0.1, 0.15) is 11.3 Å². The molecule has 0 aliphatic heterocycles. The van der Waals surface area contributed by atoms with E-state index in [1.807, 2.05) is 12.1 Å². The highest BCUT2D eigenvalue weighted by Gasteiger charge is 2.05. The summed E-state index contributed by atoms with van der Waals surface area (Å²) in [5.41, 5.74) is 1.35. The maximum absolute atomic E-state index is 8.88. The molecule has 0 aliphatic rings. The first-order valence-electron chi connectivity index (χ1n) is 4.18. The number of nitriles is 1. The summed E-state index contributed by atoms with van der Waals surface area (Å²) in [5, 5.41) is 9.71. The van der Waals surface area contributed by atoms with Crippen LogP contribution < -0.4 is 4.74 Å². The molecule has 0 unspecified atom stereocenters. The minimum Gasteiger partial charge on any atom is -0.494 e. The number of fused-ring (bicyclic) bond motifs is 1. The van der Waals surface area contributed by atoms with Crippen LogP contribution in [0.3, 0.4) is 0 Å². The van der Waals surface area contributed by atoms with Crippen LogP contribution in [0.2, 0.25) is 0 Å². The van der Waals surface area contributed by atoms with Crippen molar-refractivity contribution >= 4 is 10.9 Å². The molecule has 0 amide bonds. The fourth-order valence-corrected chi connectivity index (χ4v) is 1.41. The van der Waals surface area contributed by atoms with E-state index in [9.17, 15) is 0 Å². The zero-order valence-corrected chi connectivity index (χ0v) is 7.69. The van der Waals surface area contributed by atoms with Crippen molar-refractivity contribution in [3.05, 3.63) is 36.0 Å². The van der Waals surface area contributed by atoms with Crippen LogP contribution in [-0.4, -0.2) is 12.1 Å². The zero-order valence-electron chi connectivity index (χ0n) is 7.69. The molecule has 2 rings (SSSR count). The average molecular weight is 184 g/mol. The van der Waals surface area contributed by atoms with Gasteiger partial charge in [-0.15, -0.1) is 0 Å². The lowest BCUT2D eigenvalue weighted by molar-refractivity contribution is 0.419. The van der Waals surface area contributed by atoms with Gasteiger partial charge in [-0.25, -0.2) is 0 Å². The number of rotatable bonds is 1. The standard InChI is InChI=1S/C11H8N2O/c1-14-10-5-4-8(7-12)9-3-2-6-13-11(9)10/h2-6H,1H3. The molecular formula is C11H8N2O. The normalized spacial score (nSPS) is 9.71. The van der Waals surface area contributed by atoms with Gasteiger partial charge in [0.15, 0.2) is 0 Å². The minimum absolute atomic E-state index is 0.619. The van der Waals surface area contributed by atoms with Crippen molar-refractivity contribution in [3.8, 4) is 11.8 Å². The van der Waals surface area contributed by atoms with E-state index < -0.39 is 0 Å². The Morgan fingerprint density at radius 1 is 1.36 bits per heavy atom. The first-order chi connectivity index (χ1) is 6.86. The van der Waals surface area contributed by atoms with Gasteiger partial charge < -0.3 is 4.74 Å². The second kappa shape index (κ2) is 3.35. The highest BCUT2D eigenvalue weighted by atomic mass is 16.5. The van der Waals surface area contributed by atoms with Crippen LogP contribution in [0.5, 0.6) is 5.75 Å². The highest BCUT2D eigenvalue weighted by Crippen LogP contribution is 2.25. The van der Waals surface area contributed by atoms with Crippen LogP contribution in [0, 0.1) is 11.3 Å². The molecule has 14 heavy (non-hydrogen) atoms. The van der Waals surface area contributed by atoms with Crippen LogP contribution in [0.25, 0.3) is 10.9 Å². The van der Waals surface area contributed by atoms with Gasteiger partial charge in [0.2, 0.25) is 0 Å². The third-order valence-corrected chi connectivity index (χ3v) is 2.07. The van der Waals surface area contributed by atoms with E-state index in [0.717, 1.165) is 10.9 Å². The predicted molar refractivity (Wildman–Crippen MR) is 53.0 cm³/mol. The first-order valence-corrected chi connectivity index (χ1v) is 4.18. The summed E-state index contributed by atoms with van der Waals surface area (Å²) in [5.74, 6) is 0.694. The third kappa shape index (κ3) is 1.17. The van der Waals surface area contributed by atoms with Gasteiger partial charge in [-0.3, -0.25) is 4.98 Å². The molecule has 68 valence electrons. The molecule has 0 radical (unpaired) electrons. The van der Waals surface area contributed by atoms with Crippen LogP contribution >= 0.6 is 0 Å². The maximum atomic E-state index is 8.88. The first kappa shape index (κ1) is 8.52. The van der Waals surface area contributed by atoms with Crippen molar-refractivity contribution < 1.29 is 4.74 Å². The predicted octanol–water partition coefficient (Wildman–Crippen LogP) is 2.12. The largest absolute Gasteiger partial charge is 0.494 e. The Balaban J connectivity index is 2.87. The third-order valence-electron chi connectivity index (χ3n) is 2.07. The second-order valence-corrected chi connectivity index (χ2v) is 2.83. The number of aromatic nitrogens is 1. The van der Waals surface area contributed by atoms with Gasteiger partial charge in [0.25, 0.3) is 0 Å². The molecule has 0 saturated heterocycles. The zero-order chi connectivity index (χ0) is 9.97. The topological polar surface area (TPSA) is 45.9 Å². The van der Waals surface area contributed by atoms with Gasteiger partial charge in [-0.05, 0) is 24.3 Å². The number of ether oxygens (including phenoxy) is 1. The fraction of sp³-hybridized carbons (Fsp3) is 0.0909. The van der Waals surface area contributed by atoms with E-state index in [2.05, 4.69) is 11.1 Å². The Hall–Kier alpha value is -2.08. The number of hydrogen-bond acceptors (Lipinski definition) is 3. The summed E-state index contributed by atoms with van der Waals surface area (Å²) in [4.78, 5) is 4.18. The molecule has 0 bridgehead atoms. The van der Waals surface area contributed by atoms with E-state index in [-0.39, 0.29) is 0 Å². The summed E-state index contributed by atoms with van der Waals surface area (Å²) in [7, 11) is 1.59. The maximum Gasteiger partial charge on any atom is 0.145 e. The van der Waals surface area contributed by atoms with Gasteiger partial charge in [-0.1, -0.05) is 0 Å². The number of pyridine rings is 1. The Bertz CT molecular complexity index is 514. The van der Waals surface area contributed by atoms with E-state index in [4.69, 9.17) is 10.00 Å². The van der Waals surface area contributed by atoms with Crippen molar-refractivity contribution in [1.29, 1.82) is 5.26 Å². The van der Waals surface area contributed by atoms with Crippen LogP contribution in [0.1, 0.15) is 5.56 Å². The SMILES string of the molecule is COc1ccc(C#N)c2cccnc12. The molecular weight excluding hydrogens is 176 g/mol. The Kier molecular flexibility index (Phi) is 2.04. The van der Waals surface area contributed by atoms with Crippen molar-refractivity contribution in [2.45, 2.75) is 0 Å².